The highest BCUT2D eigenvalue weighted by Gasteiger charge is 2.16. The van der Waals surface area contributed by atoms with Gasteiger partial charge in [-0.1, -0.05) is 20.8 Å². The molecule has 6 nitrogen and oxygen atoms in total. The Balaban J connectivity index is 2.02. The number of hydrogen-bond acceptors (Lipinski definition) is 4. The molecule has 0 aliphatic heterocycles. The van der Waals surface area contributed by atoms with E-state index in [-0.39, 0.29) is 11.4 Å². The molecule has 126 valence electrons. The van der Waals surface area contributed by atoms with E-state index in [0.29, 0.717) is 29.5 Å². The molecule has 1 heterocycles. The Kier molecular flexibility index (Phi) is 5.41. The molecule has 2 amide bonds. The molecular weight excluding hydrogens is 314 g/mol. The molecule has 0 radical (unpaired) electrons. The summed E-state index contributed by atoms with van der Waals surface area (Å²) in [7, 11) is -0.918. The summed E-state index contributed by atoms with van der Waals surface area (Å²) in [5.41, 5.74) is 2.16. The first kappa shape index (κ1) is 17.5. The Morgan fingerprint density at radius 2 is 2.09 bits per heavy atom. The summed E-state index contributed by atoms with van der Waals surface area (Å²) in [5.74, 6) is 1.13. The molecule has 0 spiro atoms. The number of carbonyl (C=O) groups is 1. The lowest BCUT2D eigenvalue weighted by Crippen LogP contribution is -2.31. The van der Waals surface area contributed by atoms with E-state index in [1.807, 2.05) is 0 Å². The molecule has 7 heteroatoms. The number of oxazole rings is 1. The van der Waals surface area contributed by atoms with Gasteiger partial charge in [0.1, 0.15) is 5.52 Å². The number of anilines is 1. The quantitative estimate of drug-likeness (QED) is 0.878. The summed E-state index contributed by atoms with van der Waals surface area (Å²) in [6.45, 7) is 6.75. The Morgan fingerprint density at radius 3 is 2.74 bits per heavy atom. The van der Waals surface area contributed by atoms with Gasteiger partial charge in [-0.2, -0.15) is 0 Å². The lowest BCUT2D eigenvalue weighted by Gasteiger charge is -2.14. The van der Waals surface area contributed by atoms with Crippen LogP contribution in [0, 0.1) is 5.41 Å². The minimum Gasteiger partial charge on any atom is -0.441 e. The zero-order valence-corrected chi connectivity index (χ0v) is 14.8. The number of fused-ring (bicyclic) bond motifs is 1. The van der Waals surface area contributed by atoms with Crippen molar-refractivity contribution in [3.05, 3.63) is 24.1 Å². The summed E-state index contributed by atoms with van der Waals surface area (Å²) in [6.07, 6.45) is 2.35. The van der Waals surface area contributed by atoms with Gasteiger partial charge in [0.25, 0.3) is 0 Å². The molecule has 0 saturated heterocycles. The average molecular weight is 337 g/mol. The van der Waals surface area contributed by atoms with Gasteiger partial charge in [0, 0.05) is 41.5 Å². The smallest absolute Gasteiger partial charge is 0.319 e. The third-order valence-corrected chi connectivity index (χ3v) is 3.83. The third kappa shape index (κ3) is 5.67. The standard InChI is InChI=1S/C16H23N3O3S/c1-16(2,3)10-14-19-12-9-11(5-6-13(12)22-14)18-15(20)17-7-8-23(4)21/h5-6,9H,7-8,10H2,1-4H3,(H2,17,18,20)/t23-/m1/s1. The van der Waals surface area contributed by atoms with Gasteiger partial charge in [-0.15, -0.1) is 0 Å². The molecule has 1 atom stereocenters. The van der Waals surface area contributed by atoms with E-state index in [4.69, 9.17) is 4.42 Å². The van der Waals surface area contributed by atoms with Crippen LogP contribution >= 0.6 is 0 Å². The molecular formula is C16H23N3O3S. The number of nitrogens with zero attached hydrogens (tertiary/aromatic N) is 1. The first-order valence-electron chi connectivity index (χ1n) is 7.47. The van der Waals surface area contributed by atoms with Gasteiger partial charge in [-0.25, -0.2) is 9.78 Å². The summed E-state index contributed by atoms with van der Waals surface area (Å²) in [5, 5.41) is 5.39. The second-order valence-electron chi connectivity index (χ2n) is 6.69. The highest BCUT2D eigenvalue weighted by Crippen LogP contribution is 2.25. The number of hydrogen-bond donors (Lipinski definition) is 2. The van der Waals surface area contributed by atoms with Crippen molar-refractivity contribution in [2.45, 2.75) is 27.2 Å². The van der Waals surface area contributed by atoms with Crippen LogP contribution in [0.25, 0.3) is 11.1 Å². The predicted molar refractivity (Wildman–Crippen MR) is 93.1 cm³/mol. The number of urea groups is 1. The molecule has 1 aromatic heterocycles. The van der Waals surface area contributed by atoms with E-state index >= 15 is 0 Å². The minimum atomic E-state index is -0.918. The minimum absolute atomic E-state index is 0.0984. The molecule has 1 aromatic carbocycles. The first-order valence-corrected chi connectivity index (χ1v) is 9.20. The van der Waals surface area contributed by atoms with Gasteiger partial charge in [0.05, 0.1) is 0 Å². The summed E-state index contributed by atoms with van der Waals surface area (Å²) in [6, 6.07) is 5.02. The fraction of sp³-hybridized carbons (Fsp3) is 0.500. The van der Waals surface area contributed by atoms with Crippen molar-refractivity contribution >= 4 is 33.6 Å². The number of benzene rings is 1. The van der Waals surface area contributed by atoms with E-state index < -0.39 is 10.8 Å². The highest BCUT2D eigenvalue weighted by atomic mass is 32.2. The van der Waals surface area contributed by atoms with Crippen molar-refractivity contribution in [1.82, 2.24) is 10.3 Å². The van der Waals surface area contributed by atoms with Crippen LogP contribution in [0.4, 0.5) is 10.5 Å². The van der Waals surface area contributed by atoms with Crippen LogP contribution in [0.1, 0.15) is 26.7 Å². The maximum absolute atomic E-state index is 11.8. The lowest BCUT2D eigenvalue weighted by molar-refractivity contribution is 0.252. The molecule has 2 N–H and O–H groups in total. The molecule has 2 rings (SSSR count). The first-order chi connectivity index (χ1) is 10.7. The zero-order chi connectivity index (χ0) is 17.0. The topological polar surface area (TPSA) is 84.2 Å². The van der Waals surface area contributed by atoms with Crippen LogP contribution in [0.2, 0.25) is 0 Å². The molecule has 0 aliphatic carbocycles. The number of amides is 2. The fourth-order valence-corrected chi connectivity index (χ4v) is 2.46. The third-order valence-electron chi connectivity index (χ3n) is 3.05. The highest BCUT2D eigenvalue weighted by molar-refractivity contribution is 7.84. The van der Waals surface area contributed by atoms with E-state index in [1.54, 1.807) is 24.5 Å². The van der Waals surface area contributed by atoms with Gasteiger partial charge >= 0.3 is 6.03 Å². The van der Waals surface area contributed by atoms with Crippen molar-refractivity contribution in [3.63, 3.8) is 0 Å². The Morgan fingerprint density at radius 1 is 1.35 bits per heavy atom. The lowest BCUT2D eigenvalue weighted by atomic mass is 9.92. The average Bonchev–Trinajstić information content (AvgIpc) is 2.77. The molecule has 0 saturated carbocycles. The van der Waals surface area contributed by atoms with Crippen LogP contribution in [0.5, 0.6) is 0 Å². The fourth-order valence-electron chi connectivity index (χ4n) is 2.07. The van der Waals surface area contributed by atoms with Crippen molar-refractivity contribution < 1.29 is 13.4 Å². The van der Waals surface area contributed by atoms with Gasteiger partial charge in [-0.3, -0.25) is 4.21 Å². The number of rotatable bonds is 5. The van der Waals surface area contributed by atoms with Crippen LogP contribution in [-0.4, -0.2) is 33.8 Å². The van der Waals surface area contributed by atoms with Crippen LogP contribution in [0.3, 0.4) is 0 Å². The molecule has 0 aliphatic rings. The van der Waals surface area contributed by atoms with Crippen molar-refractivity contribution in [3.8, 4) is 0 Å². The number of aromatic nitrogens is 1. The van der Waals surface area contributed by atoms with Crippen molar-refractivity contribution in [2.75, 3.05) is 23.9 Å². The van der Waals surface area contributed by atoms with Gasteiger partial charge in [-0.05, 0) is 23.6 Å². The van der Waals surface area contributed by atoms with Gasteiger partial charge < -0.3 is 15.1 Å². The normalized spacial score (nSPS) is 13.0. The molecule has 0 fully saturated rings. The number of carbonyl (C=O) groups excluding carboxylic acids is 1. The predicted octanol–water partition coefficient (Wildman–Crippen LogP) is 2.92. The van der Waals surface area contributed by atoms with Crippen molar-refractivity contribution in [1.29, 1.82) is 0 Å². The maximum Gasteiger partial charge on any atom is 0.319 e. The molecule has 2 aromatic rings. The van der Waals surface area contributed by atoms with Gasteiger partial charge in [0.15, 0.2) is 11.5 Å². The Labute approximate surface area is 138 Å². The van der Waals surface area contributed by atoms with E-state index in [1.165, 1.54) is 0 Å². The van der Waals surface area contributed by atoms with Crippen LogP contribution in [0.15, 0.2) is 22.6 Å². The monoisotopic (exact) mass is 337 g/mol. The summed E-state index contributed by atoms with van der Waals surface area (Å²) < 4.78 is 16.7. The SMILES string of the molecule is C[S@@](=O)CCNC(=O)Nc1ccc2oc(CC(C)(C)C)nc2c1. The molecule has 0 bridgehead atoms. The Hall–Kier alpha value is -1.89. The number of nitrogens with one attached hydrogen (secondary N) is 2. The largest absolute Gasteiger partial charge is 0.441 e. The van der Waals surface area contributed by atoms with E-state index in [9.17, 15) is 9.00 Å². The van der Waals surface area contributed by atoms with Gasteiger partial charge in [0.2, 0.25) is 0 Å². The second-order valence-corrected chi connectivity index (χ2v) is 8.24. The Bertz CT molecular complexity index is 719. The zero-order valence-electron chi connectivity index (χ0n) is 13.9. The van der Waals surface area contributed by atoms with E-state index in [2.05, 4.69) is 36.4 Å². The molecule has 23 heavy (non-hydrogen) atoms. The molecule has 0 unspecified atom stereocenters. The summed E-state index contributed by atoms with van der Waals surface area (Å²) >= 11 is 0. The van der Waals surface area contributed by atoms with Crippen LogP contribution in [-0.2, 0) is 17.2 Å². The maximum atomic E-state index is 11.8. The van der Waals surface area contributed by atoms with Crippen LogP contribution < -0.4 is 10.6 Å². The second kappa shape index (κ2) is 7.12. The van der Waals surface area contributed by atoms with E-state index in [0.717, 1.165) is 11.9 Å². The summed E-state index contributed by atoms with van der Waals surface area (Å²) in [4.78, 5) is 16.2. The van der Waals surface area contributed by atoms with Crippen molar-refractivity contribution in [2.24, 2.45) is 5.41 Å².